The third kappa shape index (κ3) is 4.80. The zero-order valence-corrected chi connectivity index (χ0v) is 19.4. The highest BCUT2D eigenvalue weighted by Crippen LogP contribution is 2.42. The quantitative estimate of drug-likeness (QED) is 0.237. The van der Waals surface area contributed by atoms with Gasteiger partial charge in [0.1, 0.15) is 11.5 Å². The lowest BCUT2D eigenvalue weighted by Gasteiger charge is -2.25. The average Bonchev–Trinajstić information content (AvgIpc) is 3.15. The van der Waals surface area contributed by atoms with Crippen molar-refractivity contribution >= 4 is 29.1 Å². The number of aliphatic hydroxyl groups is 1. The van der Waals surface area contributed by atoms with Crippen LogP contribution in [0.2, 0.25) is 0 Å². The number of nitrogens with zero attached hydrogens (tertiary/aromatic N) is 1. The van der Waals surface area contributed by atoms with Gasteiger partial charge in [-0.15, -0.1) is 0 Å². The van der Waals surface area contributed by atoms with Crippen LogP contribution in [0.4, 0.5) is 5.69 Å². The van der Waals surface area contributed by atoms with Crippen molar-refractivity contribution in [3.05, 3.63) is 101 Å². The molecule has 7 nitrogen and oxygen atoms in total. The summed E-state index contributed by atoms with van der Waals surface area (Å²) in [5, 5.41) is 11.2. The average molecular weight is 472 g/mol. The molecule has 3 aromatic carbocycles. The van der Waals surface area contributed by atoms with Gasteiger partial charge in [-0.2, -0.15) is 0 Å². The van der Waals surface area contributed by atoms with E-state index in [0.29, 0.717) is 29.2 Å². The molecule has 0 aromatic heterocycles. The monoisotopic (exact) mass is 471 g/mol. The van der Waals surface area contributed by atoms with E-state index in [4.69, 9.17) is 9.47 Å². The van der Waals surface area contributed by atoms with Crippen molar-refractivity contribution in [3.8, 4) is 5.75 Å². The molecule has 1 N–H and O–H groups in total. The minimum Gasteiger partial charge on any atom is -0.507 e. The fourth-order valence-electron chi connectivity index (χ4n) is 4.13. The normalized spacial score (nSPS) is 16.9. The maximum atomic E-state index is 13.2. The van der Waals surface area contributed by atoms with E-state index < -0.39 is 17.7 Å². The number of rotatable bonds is 7. The van der Waals surface area contributed by atoms with E-state index in [1.165, 1.54) is 12.0 Å². The Balaban J connectivity index is 1.79. The van der Waals surface area contributed by atoms with Crippen LogP contribution in [0.3, 0.4) is 0 Å². The van der Waals surface area contributed by atoms with Crippen LogP contribution < -0.4 is 9.64 Å². The number of ketones is 1. The first-order valence-electron chi connectivity index (χ1n) is 11.2. The van der Waals surface area contributed by atoms with E-state index in [-0.39, 0.29) is 23.7 Å². The summed E-state index contributed by atoms with van der Waals surface area (Å²) in [6.45, 7) is 2.04. The molecule has 178 valence electrons. The molecule has 1 atom stereocenters. The highest BCUT2D eigenvalue weighted by atomic mass is 16.5. The molecular weight excluding hydrogens is 446 g/mol. The Bertz CT molecular complexity index is 1280. The minimum atomic E-state index is -0.835. The Hall–Kier alpha value is -4.39. The predicted molar refractivity (Wildman–Crippen MR) is 131 cm³/mol. The smallest absolute Gasteiger partial charge is 0.310 e. The fourth-order valence-corrected chi connectivity index (χ4v) is 4.13. The minimum absolute atomic E-state index is 0.00921. The molecule has 1 aliphatic rings. The van der Waals surface area contributed by atoms with Gasteiger partial charge in [-0.25, -0.2) is 0 Å². The third-order valence-corrected chi connectivity index (χ3v) is 5.77. The predicted octanol–water partition coefficient (Wildman–Crippen LogP) is 4.43. The van der Waals surface area contributed by atoms with E-state index in [9.17, 15) is 19.5 Å². The molecule has 0 radical (unpaired) electrons. The van der Waals surface area contributed by atoms with Crippen LogP contribution in [-0.2, 0) is 25.5 Å². The Morgan fingerprint density at radius 1 is 0.971 bits per heavy atom. The van der Waals surface area contributed by atoms with E-state index in [1.807, 2.05) is 18.2 Å². The maximum Gasteiger partial charge on any atom is 0.310 e. The first kappa shape index (κ1) is 23.8. The fraction of sp³-hybridized carbons (Fsp3) is 0.179. The van der Waals surface area contributed by atoms with Crippen LogP contribution >= 0.6 is 0 Å². The molecule has 1 saturated heterocycles. The van der Waals surface area contributed by atoms with Crippen LogP contribution in [0.15, 0.2) is 84.4 Å². The van der Waals surface area contributed by atoms with Crippen LogP contribution in [0.1, 0.15) is 29.7 Å². The Kier molecular flexibility index (Phi) is 6.96. The van der Waals surface area contributed by atoms with Crippen molar-refractivity contribution in [3.63, 3.8) is 0 Å². The Morgan fingerprint density at radius 3 is 2.34 bits per heavy atom. The Labute approximate surface area is 203 Å². The maximum absolute atomic E-state index is 13.2. The van der Waals surface area contributed by atoms with Gasteiger partial charge in [-0.3, -0.25) is 19.3 Å². The molecule has 7 heteroatoms. The van der Waals surface area contributed by atoms with Crippen molar-refractivity contribution < 1.29 is 29.0 Å². The van der Waals surface area contributed by atoms with E-state index in [0.717, 1.165) is 5.56 Å². The van der Waals surface area contributed by atoms with Gasteiger partial charge < -0.3 is 14.6 Å². The highest BCUT2D eigenvalue weighted by Gasteiger charge is 2.46. The summed E-state index contributed by atoms with van der Waals surface area (Å²) in [6.07, 6.45) is 0.102. The number of benzene rings is 3. The largest absolute Gasteiger partial charge is 0.507 e. The van der Waals surface area contributed by atoms with E-state index >= 15 is 0 Å². The van der Waals surface area contributed by atoms with Gasteiger partial charge in [0.05, 0.1) is 31.8 Å². The molecule has 1 amide bonds. The van der Waals surface area contributed by atoms with E-state index in [1.54, 1.807) is 67.6 Å². The van der Waals surface area contributed by atoms with Crippen molar-refractivity contribution in [2.75, 3.05) is 18.6 Å². The number of carbonyl (C=O) groups excluding carboxylic acids is 3. The summed E-state index contributed by atoms with van der Waals surface area (Å²) in [7, 11) is 1.51. The van der Waals surface area contributed by atoms with Gasteiger partial charge in [-0.05, 0) is 42.3 Å². The number of esters is 1. The number of amides is 1. The summed E-state index contributed by atoms with van der Waals surface area (Å²) in [6, 6.07) is 21.7. The molecule has 0 aliphatic carbocycles. The molecule has 0 bridgehead atoms. The third-order valence-electron chi connectivity index (χ3n) is 5.77. The zero-order valence-electron chi connectivity index (χ0n) is 19.4. The molecule has 1 unspecified atom stereocenters. The number of ether oxygens (including phenoxy) is 2. The van der Waals surface area contributed by atoms with Gasteiger partial charge in [0, 0.05) is 11.3 Å². The Morgan fingerprint density at radius 2 is 1.69 bits per heavy atom. The molecule has 1 aliphatic heterocycles. The zero-order chi connectivity index (χ0) is 24.9. The van der Waals surface area contributed by atoms with Crippen molar-refractivity contribution in [2.45, 2.75) is 19.4 Å². The molecule has 4 rings (SSSR count). The molecule has 1 fully saturated rings. The lowest BCUT2D eigenvalue weighted by Crippen LogP contribution is -2.29. The number of Topliss-reactive ketones (excluding diaryl/α,β-unsaturated/α-hetero) is 1. The SMILES string of the molecule is CCOC(=O)Cc1ccc(N2C(=O)C(=O)/C(=C(\O)c3cccc(OC)c3)C2c2ccccc2)cc1. The van der Waals surface area contributed by atoms with Gasteiger partial charge in [0.25, 0.3) is 11.7 Å². The second kappa shape index (κ2) is 10.3. The summed E-state index contributed by atoms with van der Waals surface area (Å²) >= 11 is 0. The number of hydrogen-bond donors (Lipinski definition) is 1. The first-order valence-corrected chi connectivity index (χ1v) is 11.2. The molecular formula is C28H25NO6. The van der Waals surface area contributed by atoms with Gasteiger partial charge >= 0.3 is 5.97 Å². The second-order valence-corrected chi connectivity index (χ2v) is 7.96. The number of carbonyl (C=O) groups is 3. The molecule has 1 heterocycles. The van der Waals surface area contributed by atoms with Crippen LogP contribution in [0.25, 0.3) is 5.76 Å². The summed E-state index contributed by atoms with van der Waals surface area (Å²) in [5.74, 6) is -1.64. The van der Waals surface area contributed by atoms with Crippen LogP contribution in [0, 0.1) is 0 Å². The summed E-state index contributed by atoms with van der Waals surface area (Å²) in [5.41, 5.74) is 2.22. The number of anilines is 1. The number of hydrogen-bond acceptors (Lipinski definition) is 6. The van der Waals surface area contributed by atoms with Gasteiger partial charge in [-0.1, -0.05) is 54.6 Å². The second-order valence-electron chi connectivity index (χ2n) is 7.96. The molecule has 0 spiro atoms. The van der Waals surface area contributed by atoms with Gasteiger partial charge in [0.15, 0.2) is 0 Å². The summed E-state index contributed by atoms with van der Waals surface area (Å²) < 4.78 is 10.2. The number of aliphatic hydroxyl groups excluding tert-OH is 1. The van der Waals surface area contributed by atoms with E-state index in [2.05, 4.69) is 0 Å². The van der Waals surface area contributed by atoms with Crippen molar-refractivity contribution in [1.82, 2.24) is 0 Å². The topological polar surface area (TPSA) is 93.1 Å². The van der Waals surface area contributed by atoms with Crippen molar-refractivity contribution in [1.29, 1.82) is 0 Å². The molecule has 35 heavy (non-hydrogen) atoms. The first-order chi connectivity index (χ1) is 16.9. The standard InChI is InChI=1S/C28H25NO6/c1-3-35-23(30)16-18-12-14-21(15-13-18)29-25(19-8-5-4-6-9-19)24(27(32)28(29)33)26(31)20-10-7-11-22(17-20)34-2/h4-15,17,25,31H,3,16H2,1-2H3/b26-24-. The van der Waals surface area contributed by atoms with Crippen LogP contribution in [0.5, 0.6) is 5.75 Å². The van der Waals surface area contributed by atoms with Crippen molar-refractivity contribution in [2.24, 2.45) is 0 Å². The lowest BCUT2D eigenvalue weighted by molar-refractivity contribution is -0.142. The number of methoxy groups -OCH3 is 1. The van der Waals surface area contributed by atoms with Crippen LogP contribution in [-0.4, -0.2) is 36.5 Å². The highest BCUT2D eigenvalue weighted by molar-refractivity contribution is 6.51. The van der Waals surface area contributed by atoms with Gasteiger partial charge in [0.2, 0.25) is 0 Å². The summed E-state index contributed by atoms with van der Waals surface area (Å²) in [4.78, 5) is 39.6. The molecule has 0 saturated carbocycles. The lowest BCUT2D eigenvalue weighted by atomic mass is 9.95. The molecule has 3 aromatic rings.